The number of halogens is 4. The first-order valence-electron chi connectivity index (χ1n) is 4.43. The molecule has 0 aliphatic heterocycles. The van der Waals surface area contributed by atoms with Gasteiger partial charge in [-0.1, -0.05) is 52.5 Å². The van der Waals surface area contributed by atoms with Crippen molar-refractivity contribution in [3.63, 3.8) is 0 Å². The fourth-order valence-electron chi connectivity index (χ4n) is 1.10. The first kappa shape index (κ1) is 12.8. The molecule has 0 N–H and O–H groups in total. The molecule has 0 unspecified atom stereocenters. The van der Waals surface area contributed by atoms with Gasteiger partial charge in [-0.3, -0.25) is 0 Å². The maximum atomic E-state index is 5.97. The Morgan fingerprint density at radius 2 is 1.82 bits per heavy atom. The van der Waals surface area contributed by atoms with E-state index in [-0.39, 0.29) is 15.9 Å². The van der Waals surface area contributed by atoms with E-state index >= 15 is 0 Å². The Labute approximate surface area is 118 Å². The van der Waals surface area contributed by atoms with E-state index in [4.69, 9.17) is 51.1 Å². The number of rotatable bonds is 2. The average Bonchev–Trinajstić information content (AvgIpc) is 2.30. The van der Waals surface area contributed by atoms with Crippen molar-refractivity contribution in [1.82, 2.24) is 4.98 Å². The molecule has 1 radical (unpaired) electrons. The van der Waals surface area contributed by atoms with E-state index < -0.39 is 0 Å². The van der Waals surface area contributed by atoms with Crippen LogP contribution in [0.5, 0.6) is 11.5 Å². The summed E-state index contributed by atoms with van der Waals surface area (Å²) in [5, 5.41) is 1.13. The molecule has 0 aliphatic carbocycles. The van der Waals surface area contributed by atoms with Crippen LogP contribution in [0.1, 0.15) is 0 Å². The van der Waals surface area contributed by atoms with Gasteiger partial charge >= 0.3 is 0 Å². The molecule has 0 amide bonds. The zero-order valence-corrected chi connectivity index (χ0v) is 11.2. The number of ether oxygens (including phenoxy) is 1. The molecular weight excluding hydrogens is 304 g/mol. The van der Waals surface area contributed by atoms with Gasteiger partial charge in [0.15, 0.2) is 5.75 Å². The lowest BCUT2D eigenvalue weighted by Gasteiger charge is -2.09. The molecular formula is C11H4Cl4NO. The molecule has 1 aromatic carbocycles. The minimum atomic E-state index is 0.155. The molecule has 0 atom stereocenters. The molecule has 0 spiro atoms. The largest absolute Gasteiger partial charge is 0.453 e. The summed E-state index contributed by atoms with van der Waals surface area (Å²) in [6.45, 7) is 0. The van der Waals surface area contributed by atoms with Crippen molar-refractivity contribution in [2.45, 2.75) is 0 Å². The van der Waals surface area contributed by atoms with E-state index in [0.29, 0.717) is 15.8 Å². The highest BCUT2D eigenvalue weighted by Gasteiger charge is 2.10. The Balaban J connectivity index is 2.38. The molecule has 6 heteroatoms. The molecule has 0 fully saturated rings. The van der Waals surface area contributed by atoms with E-state index in [1.165, 1.54) is 6.20 Å². The second-order valence-electron chi connectivity index (χ2n) is 3.01. The quantitative estimate of drug-likeness (QED) is 0.703. The maximum Gasteiger partial charge on any atom is 0.158 e. The first-order chi connectivity index (χ1) is 8.08. The highest BCUT2D eigenvalue weighted by atomic mass is 35.5. The van der Waals surface area contributed by atoms with Crippen LogP contribution in [-0.2, 0) is 0 Å². The van der Waals surface area contributed by atoms with Crippen molar-refractivity contribution in [2.75, 3.05) is 0 Å². The third-order valence-electron chi connectivity index (χ3n) is 1.85. The SMILES string of the molecule is Clc1[c]c(Oc2cccc(Cl)c2Cl)c(Cl)cn1. The molecule has 17 heavy (non-hydrogen) atoms. The maximum absolute atomic E-state index is 5.97. The standard InChI is InChI=1S/C11H4Cl4NO/c12-6-2-1-3-8(11(6)15)17-9-4-10(14)16-5-7(9)13/h1-3,5H. The van der Waals surface area contributed by atoms with Gasteiger partial charge in [0, 0.05) is 0 Å². The third-order valence-corrected chi connectivity index (χ3v) is 3.12. The number of hydrogen-bond acceptors (Lipinski definition) is 2. The van der Waals surface area contributed by atoms with E-state index in [1.54, 1.807) is 18.2 Å². The molecule has 2 nitrogen and oxygen atoms in total. The Bertz CT molecular complexity index is 559. The predicted octanol–water partition coefficient (Wildman–Crippen LogP) is 5.29. The Kier molecular flexibility index (Phi) is 4.00. The normalized spacial score (nSPS) is 10.4. The summed E-state index contributed by atoms with van der Waals surface area (Å²) in [7, 11) is 0. The van der Waals surface area contributed by atoms with Crippen molar-refractivity contribution in [2.24, 2.45) is 0 Å². The second-order valence-corrected chi connectivity index (χ2v) is 4.56. The van der Waals surface area contributed by atoms with Crippen LogP contribution in [0.3, 0.4) is 0 Å². The van der Waals surface area contributed by atoms with Crippen LogP contribution in [0.2, 0.25) is 20.2 Å². The zero-order chi connectivity index (χ0) is 12.4. The number of aromatic nitrogens is 1. The smallest absolute Gasteiger partial charge is 0.158 e. The summed E-state index contributed by atoms with van der Waals surface area (Å²) >= 11 is 23.4. The monoisotopic (exact) mass is 306 g/mol. The molecule has 1 heterocycles. The minimum Gasteiger partial charge on any atom is -0.453 e. The fourth-order valence-corrected chi connectivity index (χ4v) is 1.70. The van der Waals surface area contributed by atoms with Crippen molar-refractivity contribution >= 4 is 46.4 Å². The van der Waals surface area contributed by atoms with Gasteiger partial charge in [-0.25, -0.2) is 4.98 Å². The van der Waals surface area contributed by atoms with Crippen LogP contribution < -0.4 is 4.74 Å². The Morgan fingerprint density at radius 1 is 1.06 bits per heavy atom. The lowest BCUT2D eigenvalue weighted by molar-refractivity contribution is 0.481. The van der Waals surface area contributed by atoms with Gasteiger partial charge in [0.05, 0.1) is 17.3 Å². The van der Waals surface area contributed by atoms with Gasteiger partial charge in [-0.15, -0.1) is 0 Å². The summed E-state index contributed by atoms with van der Waals surface area (Å²) in [6.07, 6.45) is 1.37. The van der Waals surface area contributed by atoms with Gasteiger partial charge in [0.1, 0.15) is 20.9 Å². The Hall–Kier alpha value is -0.670. The molecule has 2 aromatic rings. The van der Waals surface area contributed by atoms with E-state index in [0.717, 1.165) is 0 Å². The highest BCUT2D eigenvalue weighted by molar-refractivity contribution is 6.43. The highest BCUT2D eigenvalue weighted by Crippen LogP contribution is 2.37. The van der Waals surface area contributed by atoms with Crippen molar-refractivity contribution < 1.29 is 4.74 Å². The predicted molar refractivity (Wildman–Crippen MR) is 69.6 cm³/mol. The molecule has 1 aromatic heterocycles. The van der Waals surface area contributed by atoms with Gasteiger partial charge in [-0.2, -0.15) is 0 Å². The average molecular weight is 308 g/mol. The summed E-state index contributed by atoms with van der Waals surface area (Å²) in [4.78, 5) is 3.76. The molecule has 0 saturated carbocycles. The Morgan fingerprint density at radius 3 is 2.59 bits per heavy atom. The van der Waals surface area contributed by atoms with Gasteiger partial charge in [0.2, 0.25) is 0 Å². The molecule has 0 saturated heterocycles. The fraction of sp³-hybridized carbons (Fsp3) is 0. The minimum absolute atomic E-state index is 0.155. The molecule has 0 aliphatic rings. The summed E-state index contributed by atoms with van der Waals surface area (Å²) in [5.41, 5.74) is 0. The molecule has 87 valence electrons. The van der Waals surface area contributed by atoms with Gasteiger partial charge in [-0.05, 0) is 12.1 Å². The zero-order valence-electron chi connectivity index (χ0n) is 8.18. The summed E-state index contributed by atoms with van der Waals surface area (Å²) in [6, 6.07) is 7.69. The van der Waals surface area contributed by atoms with Crippen LogP contribution in [0.25, 0.3) is 0 Å². The van der Waals surface area contributed by atoms with Crippen molar-refractivity contribution in [3.05, 3.63) is 50.7 Å². The van der Waals surface area contributed by atoms with E-state index in [2.05, 4.69) is 11.1 Å². The van der Waals surface area contributed by atoms with Crippen LogP contribution in [0, 0.1) is 6.07 Å². The van der Waals surface area contributed by atoms with Crippen LogP contribution in [0.4, 0.5) is 0 Å². The topological polar surface area (TPSA) is 22.1 Å². The molecule has 0 bridgehead atoms. The van der Waals surface area contributed by atoms with Gasteiger partial charge < -0.3 is 4.74 Å². The third kappa shape index (κ3) is 2.96. The number of hydrogen-bond donors (Lipinski definition) is 0. The van der Waals surface area contributed by atoms with E-state index in [1.807, 2.05) is 0 Å². The van der Waals surface area contributed by atoms with Crippen LogP contribution in [0.15, 0.2) is 24.4 Å². The summed E-state index contributed by atoms with van der Waals surface area (Å²) in [5.74, 6) is 0.621. The van der Waals surface area contributed by atoms with Crippen molar-refractivity contribution in [3.8, 4) is 11.5 Å². The summed E-state index contributed by atoms with van der Waals surface area (Å²) < 4.78 is 5.47. The second kappa shape index (κ2) is 5.32. The van der Waals surface area contributed by atoms with Crippen LogP contribution in [-0.4, -0.2) is 4.98 Å². The van der Waals surface area contributed by atoms with E-state index in [9.17, 15) is 0 Å². The first-order valence-corrected chi connectivity index (χ1v) is 5.94. The molecule has 2 rings (SSSR count). The number of pyridine rings is 1. The van der Waals surface area contributed by atoms with Crippen molar-refractivity contribution in [1.29, 1.82) is 0 Å². The van der Waals surface area contributed by atoms with Gasteiger partial charge in [0.25, 0.3) is 0 Å². The number of benzene rings is 1. The van der Waals surface area contributed by atoms with Crippen LogP contribution >= 0.6 is 46.4 Å². The number of nitrogens with zero attached hydrogens (tertiary/aromatic N) is 1. The lowest BCUT2D eigenvalue weighted by atomic mass is 10.3. The lowest BCUT2D eigenvalue weighted by Crippen LogP contribution is -1.88.